The fourth-order valence-corrected chi connectivity index (χ4v) is 3.50. The summed E-state index contributed by atoms with van der Waals surface area (Å²) in [7, 11) is 0. The standard InChI is InChI=1S/C25H25N3O4/c1-15(2)31-19-9-5-17(6-10-19)21-14-24-23(13-22(21)25(29)30)26-27-28(24)18-7-11-20(12-8-18)32-16(3)4/h5-16H,1-4H3,(H,29,30). The van der Waals surface area contributed by atoms with Crippen molar-refractivity contribution in [3.63, 3.8) is 0 Å². The maximum absolute atomic E-state index is 12.0. The molecule has 4 rings (SSSR count). The van der Waals surface area contributed by atoms with Gasteiger partial charge < -0.3 is 14.6 Å². The number of carboxylic acid groups (broad SMARTS) is 1. The molecule has 7 nitrogen and oxygen atoms in total. The summed E-state index contributed by atoms with van der Waals surface area (Å²) in [6.07, 6.45) is 0.145. The topological polar surface area (TPSA) is 86.5 Å². The smallest absolute Gasteiger partial charge is 0.336 e. The van der Waals surface area contributed by atoms with Crippen LogP contribution in [0.25, 0.3) is 27.8 Å². The van der Waals surface area contributed by atoms with Crippen LogP contribution in [0.15, 0.2) is 60.7 Å². The second kappa shape index (κ2) is 8.70. The van der Waals surface area contributed by atoms with E-state index in [4.69, 9.17) is 9.47 Å². The monoisotopic (exact) mass is 431 g/mol. The van der Waals surface area contributed by atoms with Crippen LogP contribution in [0.2, 0.25) is 0 Å². The van der Waals surface area contributed by atoms with Gasteiger partial charge in [0, 0.05) is 0 Å². The van der Waals surface area contributed by atoms with Crippen molar-refractivity contribution in [3.05, 3.63) is 66.2 Å². The van der Waals surface area contributed by atoms with Crippen LogP contribution in [-0.2, 0) is 0 Å². The van der Waals surface area contributed by atoms with Gasteiger partial charge in [0.15, 0.2) is 0 Å². The maximum atomic E-state index is 12.0. The molecular formula is C25H25N3O4. The van der Waals surface area contributed by atoms with Gasteiger partial charge in [0.2, 0.25) is 0 Å². The van der Waals surface area contributed by atoms with Crippen LogP contribution in [0.5, 0.6) is 11.5 Å². The second-order valence-electron chi connectivity index (χ2n) is 8.04. The van der Waals surface area contributed by atoms with Gasteiger partial charge in [-0.1, -0.05) is 17.3 Å². The van der Waals surface area contributed by atoms with Crippen molar-refractivity contribution in [2.75, 3.05) is 0 Å². The van der Waals surface area contributed by atoms with E-state index < -0.39 is 5.97 Å². The predicted octanol–water partition coefficient (Wildman–Crippen LogP) is 5.36. The van der Waals surface area contributed by atoms with E-state index in [1.807, 2.05) is 82.3 Å². The van der Waals surface area contributed by atoms with Crippen LogP contribution < -0.4 is 9.47 Å². The average Bonchev–Trinajstić information content (AvgIpc) is 3.16. The first-order valence-corrected chi connectivity index (χ1v) is 10.5. The van der Waals surface area contributed by atoms with Gasteiger partial charge in [-0.2, -0.15) is 0 Å². The first kappa shape index (κ1) is 21.4. The molecule has 32 heavy (non-hydrogen) atoms. The Morgan fingerprint density at radius 2 is 1.44 bits per heavy atom. The van der Waals surface area contributed by atoms with Gasteiger partial charge in [-0.15, -0.1) is 5.10 Å². The molecule has 0 unspecified atom stereocenters. The zero-order valence-electron chi connectivity index (χ0n) is 18.4. The number of fused-ring (bicyclic) bond motifs is 1. The molecule has 0 saturated carbocycles. The molecule has 0 aliphatic heterocycles. The Bertz CT molecular complexity index is 1240. The van der Waals surface area contributed by atoms with E-state index in [0.717, 1.165) is 22.7 Å². The number of nitrogens with zero attached hydrogens (tertiary/aromatic N) is 3. The van der Waals surface area contributed by atoms with Gasteiger partial charge in [0.1, 0.15) is 17.0 Å². The first-order valence-electron chi connectivity index (χ1n) is 10.5. The number of ether oxygens (including phenoxy) is 2. The van der Waals surface area contributed by atoms with Crippen molar-refractivity contribution in [2.45, 2.75) is 39.9 Å². The lowest BCUT2D eigenvalue weighted by Crippen LogP contribution is -2.06. The minimum Gasteiger partial charge on any atom is -0.491 e. The summed E-state index contributed by atoms with van der Waals surface area (Å²) >= 11 is 0. The van der Waals surface area contributed by atoms with Gasteiger partial charge in [-0.05, 0) is 87.4 Å². The second-order valence-corrected chi connectivity index (χ2v) is 8.04. The number of hydrogen-bond donors (Lipinski definition) is 1. The molecule has 1 heterocycles. The first-order chi connectivity index (χ1) is 15.3. The van der Waals surface area contributed by atoms with Crippen LogP contribution in [0, 0.1) is 0 Å². The van der Waals surface area contributed by atoms with Crippen LogP contribution in [0.3, 0.4) is 0 Å². The van der Waals surface area contributed by atoms with E-state index in [2.05, 4.69) is 10.3 Å². The highest BCUT2D eigenvalue weighted by Crippen LogP contribution is 2.31. The Kier molecular flexibility index (Phi) is 5.81. The lowest BCUT2D eigenvalue weighted by molar-refractivity contribution is 0.0698. The third-order valence-electron chi connectivity index (χ3n) is 4.81. The minimum absolute atomic E-state index is 0.0598. The van der Waals surface area contributed by atoms with Crippen molar-refractivity contribution in [1.29, 1.82) is 0 Å². The SMILES string of the molecule is CC(C)Oc1ccc(-c2cc3c(cc2C(=O)O)nnn3-c2ccc(OC(C)C)cc2)cc1. The molecule has 1 aromatic heterocycles. The van der Waals surface area contributed by atoms with Gasteiger partial charge in [0.25, 0.3) is 0 Å². The van der Waals surface area contributed by atoms with Crippen LogP contribution in [0.1, 0.15) is 38.1 Å². The van der Waals surface area contributed by atoms with Crippen molar-refractivity contribution in [1.82, 2.24) is 15.0 Å². The van der Waals surface area contributed by atoms with Crippen molar-refractivity contribution in [3.8, 4) is 28.3 Å². The lowest BCUT2D eigenvalue weighted by Gasteiger charge is -2.12. The molecule has 0 saturated heterocycles. The average molecular weight is 431 g/mol. The summed E-state index contributed by atoms with van der Waals surface area (Å²) in [6.45, 7) is 7.86. The Morgan fingerprint density at radius 1 is 0.875 bits per heavy atom. The molecule has 3 aromatic carbocycles. The zero-order valence-corrected chi connectivity index (χ0v) is 18.4. The van der Waals surface area contributed by atoms with Crippen LogP contribution >= 0.6 is 0 Å². The molecule has 0 bridgehead atoms. The number of aromatic carboxylic acids is 1. The number of aromatic nitrogens is 3. The van der Waals surface area contributed by atoms with E-state index in [1.54, 1.807) is 10.7 Å². The van der Waals surface area contributed by atoms with Crippen LogP contribution in [-0.4, -0.2) is 38.3 Å². The third kappa shape index (κ3) is 4.42. The molecule has 0 atom stereocenters. The predicted molar refractivity (Wildman–Crippen MR) is 123 cm³/mol. The fourth-order valence-electron chi connectivity index (χ4n) is 3.50. The molecule has 7 heteroatoms. The maximum Gasteiger partial charge on any atom is 0.336 e. The summed E-state index contributed by atoms with van der Waals surface area (Å²) in [5, 5.41) is 18.2. The Morgan fingerprint density at radius 3 is 1.97 bits per heavy atom. The van der Waals surface area contributed by atoms with E-state index >= 15 is 0 Å². The number of carboxylic acids is 1. The van der Waals surface area contributed by atoms with Gasteiger partial charge in [-0.3, -0.25) is 0 Å². The summed E-state index contributed by atoms with van der Waals surface area (Å²) in [5.41, 5.74) is 3.55. The van der Waals surface area contributed by atoms with Gasteiger partial charge in [0.05, 0.1) is 29.0 Å². The normalized spacial score (nSPS) is 11.3. The summed E-state index contributed by atoms with van der Waals surface area (Å²) in [6, 6.07) is 18.3. The lowest BCUT2D eigenvalue weighted by atomic mass is 9.98. The van der Waals surface area contributed by atoms with Crippen molar-refractivity contribution in [2.24, 2.45) is 0 Å². The molecule has 0 aliphatic carbocycles. The Balaban J connectivity index is 1.78. The zero-order chi connectivity index (χ0) is 22.8. The van der Waals surface area contributed by atoms with Crippen LogP contribution in [0.4, 0.5) is 0 Å². The molecule has 0 aliphatic rings. The summed E-state index contributed by atoms with van der Waals surface area (Å²) in [4.78, 5) is 12.0. The number of rotatable bonds is 7. The Hall–Kier alpha value is -3.87. The largest absolute Gasteiger partial charge is 0.491 e. The molecule has 0 spiro atoms. The molecule has 0 amide bonds. The van der Waals surface area contributed by atoms with Gasteiger partial charge >= 0.3 is 5.97 Å². The van der Waals surface area contributed by atoms with Crippen molar-refractivity contribution < 1.29 is 19.4 Å². The molecule has 4 aromatic rings. The van der Waals surface area contributed by atoms with Crippen molar-refractivity contribution >= 4 is 17.0 Å². The highest BCUT2D eigenvalue weighted by molar-refractivity contribution is 6.01. The number of carbonyl (C=O) groups is 1. The highest BCUT2D eigenvalue weighted by Gasteiger charge is 2.17. The van der Waals surface area contributed by atoms with E-state index in [0.29, 0.717) is 16.6 Å². The van der Waals surface area contributed by atoms with E-state index in [1.165, 1.54) is 0 Å². The highest BCUT2D eigenvalue weighted by atomic mass is 16.5. The molecule has 0 radical (unpaired) electrons. The van der Waals surface area contributed by atoms with E-state index in [-0.39, 0.29) is 17.8 Å². The summed E-state index contributed by atoms with van der Waals surface area (Å²) < 4.78 is 13.1. The summed E-state index contributed by atoms with van der Waals surface area (Å²) in [5.74, 6) is 0.483. The molecule has 164 valence electrons. The third-order valence-corrected chi connectivity index (χ3v) is 4.81. The fraction of sp³-hybridized carbons (Fsp3) is 0.240. The molecule has 1 N–H and O–H groups in total. The molecule has 0 fully saturated rings. The minimum atomic E-state index is -1.02. The quantitative estimate of drug-likeness (QED) is 0.424. The van der Waals surface area contributed by atoms with E-state index in [9.17, 15) is 9.90 Å². The number of benzene rings is 3. The number of hydrogen-bond acceptors (Lipinski definition) is 5. The Labute approximate surface area is 186 Å². The van der Waals surface area contributed by atoms with Gasteiger partial charge in [-0.25, -0.2) is 9.48 Å². The molecular weight excluding hydrogens is 406 g/mol.